The molecule has 29 heavy (non-hydrogen) atoms. The Hall–Kier alpha value is -0.540. The molecule has 0 aliphatic carbocycles. The first-order chi connectivity index (χ1) is 13.6. The maximum Gasteiger partial charge on any atom is 0.310 e. The third-order valence-corrected chi connectivity index (χ3v) is 6.15. The molecular formula is C25H50ClNO2. The Morgan fingerprint density at radius 2 is 1.14 bits per heavy atom. The van der Waals surface area contributed by atoms with E-state index < -0.39 is 0 Å². The van der Waals surface area contributed by atoms with Gasteiger partial charge in [0.25, 0.3) is 0 Å². The van der Waals surface area contributed by atoms with Gasteiger partial charge < -0.3 is 17.1 Å². The normalized spacial score (nSPS) is 11.6. The highest BCUT2D eigenvalue weighted by molar-refractivity contribution is 5.69. The maximum absolute atomic E-state index is 11.9. The van der Waals surface area contributed by atoms with Crippen molar-refractivity contribution in [1.82, 2.24) is 0 Å². The number of carbonyl (C=O) groups excluding carboxylic acids is 1. The van der Waals surface area contributed by atoms with Gasteiger partial charge in [-0.25, -0.2) is 0 Å². The lowest BCUT2D eigenvalue weighted by Gasteiger charge is -2.34. The van der Waals surface area contributed by atoms with Crippen molar-refractivity contribution in [3.05, 3.63) is 12.2 Å². The van der Waals surface area contributed by atoms with Crippen molar-refractivity contribution in [3.63, 3.8) is 0 Å². The summed E-state index contributed by atoms with van der Waals surface area (Å²) in [6.45, 7) is 12.4. The van der Waals surface area contributed by atoms with Crippen LogP contribution in [0, 0.1) is 0 Å². The fourth-order valence-corrected chi connectivity index (χ4v) is 3.57. The zero-order valence-electron chi connectivity index (χ0n) is 20.0. The number of hydrogen-bond donors (Lipinski definition) is 0. The summed E-state index contributed by atoms with van der Waals surface area (Å²) in [7, 11) is 0. The Labute approximate surface area is 188 Å². The molecule has 0 spiro atoms. The molecule has 0 aromatic carbocycles. The lowest BCUT2D eigenvalue weighted by atomic mass is 10.1. The van der Waals surface area contributed by atoms with E-state index in [0.29, 0.717) is 13.2 Å². The van der Waals surface area contributed by atoms with E-state index in [2.05, 4.69) is 39.8 Å². The van der Waals surface area contributed by atoms with Gasteiger partial charge in [0.05, 0.1) is 19.6 Å². The summed E-state index contributed by atoms with van der Waals surface area (Å²) in [5.74, 6) is -0.0181. The molecule has 3 nitrogen and oxygen atoms in total. The monoisotopic (exact) mass is 431 g/mol. The van der Waals surface area contributed by atoms with Crippen molar-refractivity contribution in [2.24, 2.45) is 0 Å². The number of allylic oxidation sites excluding steroid dienone is 2. The van der Waals surface area contributed by atoms with Crippen LogP contribution in [0.4, 0.5) is 0 Å². The molecule has 174 valence electrons. The second-order valence-corrected chi connectivity index (χ2v) is 8.27. The van der Waals surface area contributed by atoms with Crippen LogP contribution in [0.15, 0.2) is 12.2 Å². The number of quaternary nitrogens is 1. The molecule has 0 saturated carbocycles. The van der Waals surface area contributed by atoms with Crippen LogP contribution in [0.25, 0.3) is 0 Å². The molecule has 0 fully saturated rings. The van der Waals surface area contributed by atoms with E-state index in [1.54, 1.807) is 0 Å². The number of ether oxygens (including phenoxy) is 1. The van der Waals surface area contributed by atoms with Gasteiger partial charge in [0.2, 0.25) is 6.73 Å². The van der Waals surface area contributed by atoms with Crippen molar-refractivity contribution in [3.8, 4) is 0 Å². The third kappa shape index (κ3) is 18.0. The van der Waals surface area contributed by atoms with Crippen LogP contribution in [-0.2, 0) is 9.53 Å². The first-order valence-corrected chi connectivity index (χ1v) is 12.3. The van der Waals surface area contributed by atoms with Crippen LogP contribution in [0.1, 0.15) is 118 Å². The number of halogens is 1. The number of nitrogens with zero attached hydrogens (tertiary/aromatic N) is 1. The minimum atomic E-state index is -0.0181. The summed E-state index contributed by atoms with van der Waals surface area (Å²) in [6, 6.07) is 0. The molecule has 0 atom stereocenters. The van der Waals surface area contributed by atoms with E-state index in [0.717, 1.165) is 37.0 Å². The summed E-state index contributed by atoms with van der Waals surface area (Å²) in [5, 5.41) is 0. The highest BCUT2D eigenvalue weighted by Crippen LogP contribution is 2.11. The predicted molar refractivity (Wildman–Crippen MR) is 122 cm³/mol. The highest BCUT2D eigenvalue weighted by atomic mass is 35.5. The van der Waals surface area contributed by atoms with Crippen LogP contribution in [0.3, 0.4) is 0 Å². The summed E-state index contributed by atoms with van der Waals surface area (Å²) >= 11 is 0. The molecule has 0 heterocycles. The first-order valence-electron chi connectivity index (χ1n) is 12.3. The Bertz CT molecular complexity index is 373. The average molecular weight is 432 g/mol. The quantitative estimate of drug-likeness (QED) is 0.0938. The molecule has 0 rings (SSSR count). The number of unbranched alkanes of at least 4 members (excludes halogenated alkanes) is 11. The van der Waals surface area contributed by atoms with Crippen LogP contribution >= 0.6 is 0 Å². The van der Waals surface area contributed by atoms with E-state index in [1.807, 2.05) is 0 Å². The summed E-state index contributed by atoms with van der Waals surface area (Å²) in [4.78, 5) is 11.9. The van der Waals surface area contributed by atoms with Gasteiger partial charge >= 0.3 is 5.97 Å². The van der Waals surface area contributed by atoms with E-state index in [1.165, 1.54) is 70.6 Å². The molecule has 0 N–H and O–H groups in total. The summed E-state index contributed by atoms with van der Waals surface area (Å²) in [5.41, 5.74) is 0. The smallest absolute Gasteiger partial charge is 0.310 e. The molecule has 0 aliphatic rings. The highest BCUT2D eigenvalue weighted by Gasteiger charge is 2.22. The predicted octanol–water partition coefficient (Wildman–Crippen LogP) is 4.41. The van der Waals surface area contributed by atoms with Gasteiger partial charge in [-0.15, -0.1) is 0 Å². The summed E-state index contributed by atoms with van der Waals surface area (Å²) in [6.07, 6.45) is 22.0. The molecule has 0 radical (unpaired) electrons. The van der Waals surface area contributed by atoms with Crippen molar-refractivity contribution >= 4 is 5.97 Å². The minimum Gasteiger partial charge on any atom is -1.00 e. The fraction of sp³-hybridized carbons (Fsp3) is 0.880. The van der Waals surface area contributed by atoms with Crippen molar-refractivity contribution < 1.29 is 26.4 Å². The van der Waals surface area contributed by atoms with E-state index in [-0.39, 0.29) is 18.4 Å². The average Bonchev–Trinajstić information content (AvgIpc) is 2.72. The van der Waals surface area contributed by atoms with Crippen LogP contribution in [0.5, 0.6) is 0 Å². The van der Waals surface area contributed by atoms with E-state index in [9.17, 15) is 4.79 Å². The largest absolute Gasteiger partial charge is 1.00 e. The van der Waals surface area contributed by atoms with Gasteiger partial charge in [-0.3, -0.25) is 9.28 Å². The second-order valence-electron chi connectivity index (χ2n) is 8.27. The first kappa shape index (κ1) is 30.7. The Morgan fingerprint density at radius 3 is 1.62 bits per heavy atom. The molecule has 4 heteroatoms. The lowest BCUT2D eigenvalue weighted by Crippen LogP contribution is -3.00. The topological polar surface area (TPSA) is 26.3 Å². The van der Waals surface area contributed by atoms with Gasteiger partial charge in [0.15, 0.2) is 0 Å². The molecule has 0 aliphatic heterocycles. The standard InChI is InChI=1S/C25H50NO2.ClH/c1-5-9-10-11-12-13-14-15-16-17-18-19-20-21-22-23-25(27)28-24-26(6-2,7-3)8-4;/h15-16H,5-14,17-24H2,1-4H3;1H/q+1;/p-1. The maximum atomic E-state index is 11.9. The molecule has 0 bridgehead atoms. The van der Waals surface area contributed by atoms with E-state index in [4.69, 9.17) is 4.74 Å². The molecule has 0 unspecified atom stereocenters. The molecular weight excluding hydrogens is 382 g/mol. The van der Waals surface area contributed by atoms with Crippen molar-refractivity contribution in [2.75, 3.05) is 26.4 Å². The van der Waals surface area contributed by atoms with Crippen LogP contribution < -0.4 is 12.4 Å². The Morgan fingerprint density at radius 1 is 0.690 bits per heavy atom. The number of carbonyl (C=O) groups is 1. The number of rotatable bonds is 20. The van der Waals surface area contributed by atoms with Gasteiger partial charge in [0, 0.05) is 6.42 Å². The van der Waals surface area contributed by atoms with Crippen molar-refractivity contribution in [2.45, 2.75) is 118 Å². The lowest BCUT2D eigenvalue weighted by molar-refractivity contribution is -0.938. The minimum absolute atomic E-state index is 0. The van der Waals surface area contributed by atoms with E-state index >= 15 is 0 Å². The van der Waals surface area contributed by atoms with Crippen LogP contribution in [0.2, 0.25) is 0 Å². The van der Waals surface area contributed by atoms with Gasteiger partial charge in [-0.2, -0.15) is 0 Å². The molecule has 0 amide bonds. The van der Waals surface area contributed by atoms with Gasteiger partial charge in [0.1, 0.15) is 0 Å². The van der Waals surface area contributed by atoms with Crippen molar-refractivity contribution in [1.29, 1.82) is 0 Å². The Kier molecular flexibility index (Phi) is 23.4. The van der Waals surface area contributed by atoms with Crippen LogP contribution in [-0.4, -0.2) is 36.8 Å². The molecule has 0 aromatic rings. The third-order valence-electron chi connectivity index (χ3n) is 6.15. The zero-order valence-corrected chi connectivity index (χ0v) is 20.8. The second kappa shape index (κ2) is 22.2. The summed E-state index contributed by atoms with van der Waals surface area (Å²) < 4.78 is 6.40. The molecule has 0 saturated heterocycles. The van der Waals surface area contributed by atoms with Gasteiger partial charge in [-0.1, -0.05) is 70.4 Å². The van der Waals surface area contributed by atoms with Gasteiger partial charge in [-0.05, 0) is 52.9 Å². The number of esters is 1. The zero-order chi connectivity index (χ0) is 20.9. The Balaban J connectivity index is 0. The fourth-order valence-electron chi connectivity index (χ4n) is 3.57. The number of hydrogen-bond acceptors (Lipinski definition) is 2. The SMILES string of the molecule is CCCCCCCCC=CCCCCCCCC(=O)OC[N+](CC)(CC)CC.[Cl-]. The molecule has 0 aromatic heterocycles.